The molecule has 1 aromatic heterocycles. The first-order valence-corrected chi connectivity index (χ1v) is 7.10. The van der Waals surface area contributed by atoms with Crippen LogP contribution >= 0.6 is 11.6 Å². The Balaban J connectivity index is 2.25. The van der Waals surface area contributed by atoms with E-state index in [-0.39, 0.29) is 5.41 Å². The highest BCUT2D eigenvalue weighted by molar-refractivity contribution is 6.30. The van der Waals surface area contributed by atoms with Crippen molar-refractivity contribution in [1.82, 2.24) is 14.8 Å². The number of halogens is 1. The Morgan fingerprint density at radius 2 is 2.00 bits per heavy atom. The molecule has 1 unspecified atom stereocenters. The molecule has 3 nitrogen and oxygen atoms in total. The van der Waals surface area contributed by atoms with Crippen LogP contribution in [0.2, 0.25) is 5.02 Å². The van der Waals surface area contributed by atoms with Gasteiger partial charge in [0, 0.05) is 10.4 Å². The third-order valence-corrected chi connectivity index (χ3v) is 3.85. The lowest BCUT2D eigenvalue weighted by Crippen LogP contribution is -2.28. The first-order valence-electron chi connectivity index (χ1n) is 6.72. The summed E-state index contributed by atoms with van der Waals surface area (Å²) >= 11 is 5.98. The molecule has 4 heteroatoms. The van der Waals surface area contributed by atoms with Gasteiger partial charge in [0.15, 0.2) is 0 Å². The Kier molecular flexibility index (Phi) is 4.59. The van der Waals surface area contributed by atoms with Crippen LogP contribution in [0, 0.1) is 0 Å². The molecule has 19 heavy (non-hydrogen) atoms. The average Bonchev–Trinajstić information content (AvgIpc) is 2.90. The molecule has 0 N–H and O–H groups in total. The van der Waals surface area contributed by atoms with Crippen LogP contribution < -0.4 is 0 Å². The average molecular weight is 278 g/mol. The van der Waals surface area contributed by atoms with Crippen LogP contribution in [0.25, 0.3) is 0 Å². The summed E-state index contributed by atoms with van der Waals surface area (Å²) in [5.41, 5.74) is 1.37. The molecule has 0 saturated carbocycles. The van der Waals surface area contributed by atoms with Crippen LogP contribution in [0.4, 0.5) is 0 Å². The van der Waals surface area contributed by atoms with E-state index in [1.807, 2.05) is 16.8 Å². The largest absolute Gasteiger partial charge is 0.252 e. The standard InChI is InChI=1S/C15H20ClN3/c1-3-4-9-15(2,10-19-12-17-11-18-19)13-5-7-14(16)8-6-13/h5-8,11-12H,3-4,9-10H2,1-2H3. The molecule has 102 valence electrons. The third kappa shape index (κ3) is 3.57. The summed E-state index contributed by atoms with van der Waals surface area (Å²) in [6, 6.07) is 8.16. The molecule has 2 aromatic rings. The molecular weight excluding hydrogens is 258 g/mol. The molecule has 0 aliphatic heterocycles. The molecule has 0 aliphatic rings. The fourth-order valence-electron chi connectivity index (χ4n) is 2.41. The number of rotatable bonds is 6. The second-order valence-electron chi connectivity index (χ2n) is 5.26. The van der Waals surface area contributed by atoms with Crippen LogP contribution in [0.15, 0.2) is 36.9 Å². The van der Waals surface area contributed by atoms with Crippen molar-refractivity contribution in [2.45, 2.75) is 45.1 Å². The van der Waals surface area contributed by atoms with E-state index in [1.54, 1.807) is 12.7 Å². The fourth-order valence-corrected chi connectivity index (χ4v) is 2.53. The predicted octanol–water partition coefficient (Wildman–Crippen LogP) is 4.08. The van der Waals surface area contributed by atoms with Crippen molar-refractivity contribution in [3.05, 3.63) is 47.5 Å². The van der Waals surface area contributed by atoms with Gasteiger partial charge >= 0.3 is 0 Å². The Labute approximate surface area is 119 Å². The maximum absolute atomic E-state index is 5.98. The number of unbranched alkanes of at least 4 members (excludes halogenated alkanes) is 1. The Hall–Kier alpha value is -1.35. The van der Waals surface area contributed by atoms with E-state index in [0.29, 0.717) is 0 Å². The summed E-state index contributed by atoms with van der Waals surface area (Å²) in [5.74, 6) is 0. The highest BCUT2D eigenvalue weighted by atomic mass is 35.5. The summed E-state index contributed by atoms with van der Waals surface area (Å²) < 4.78 is 1.91. The molecule has 0 aliphatic carbocycles. The highest BCUT2D eigenvalue weighted by Gasteiger charge is 2.27. The van der Waals surface area contributed by atoms with Crippen molar-refractivity contribution >= 4 is 11.6 Å². The maximum atomic E-state index is 5.98. The van der Waals surface area contributed by atoms with Gasteiger partial charge in [-0.15, -0.1) is 0 Å². The monoisotopic (exact) mass is 277 g/mol. The smallest absolute Gasteiger partial charge is 0.137 e. The molecular formula is C15H20ClN3. The van der Waals surface area contributed by atoms with Gasteiger partial charge in [-0.05, 0) is 24.1 Å². The van der Waals surface area contributed by atoms with Crippen LogP contribution in [0.1, 0.15) is 38.7 Å². The lowest BCUT2D eigenvalue weighted by atomic mass is 9.78. The number of hydrogen-bond donors (Lipinski definition) is 0. The topological polar surface area (TPSA) is 30.7 Å². The fraction of sp³-hybridized carbons (Fsp3) is 0.467. The van der Waals surface area contributed by atoms with Gasteiger partial charge in [0.2, 0.25) is 0 Å². The maximum Gasteiger partial charge on any atom is 0.137 e. The molecule has 0 bridgehead atoms. The van der Waals surface area contributed by atoms with Crippen LogP contribution in [-0.2, 0) is 12.0 Å². The van der Waals surface area contributed by atoms with Crippen molar-refractivity contribution in [3.8, 4) is 0 Å². The lowest BCUT2D eigenvalue weighted by molar-refractivity contribution is 0.340. The van der Waals surface area contributed by atoms with Gasteiger partial charge in [-0.2, -0.15) is 5.10 Å². The van der Waals surface area contributed by atoms with Crippen molar-refractivity contribution < 1.29 is 0 Å². The summed E-state index contributed by atoms with van der Waals surface area (Å²) in [4.78, 5) is 4.03. The molecule has 0 fully saturated rings. The van der Waals surface area contributed by atoms with Gasteiger partial charge in [-0.3, -0.25) is 4.68 Å². The Morgan fingerprint density at radius 3 is 2.58 bits per heavy atom. The molecule has 0 saturated heterocycles. The van der Waals surface area contributed by atoms with E-state index in [0.717, 1.165) is 18.0 Å². The Morgan fingerprint density at radius 1 is 1.26 bits per heavy atom. The van der Waals surface area contributed by atoms with Gasteiger partial charge in [0.05, 0.1) is 6.54 Å². The van der Waals surface area contributed by atoms with Gasteiger partial charge in [-0.25, -0.2) is 4.98 Å². The SMILES string of the molecule is CCCCC(C)(Cn1cncn1)c1ccc(Cl)cc1. The molecule has 0 radical (unpaired) electrons. The van der Waals surface area contributed by atoms with Gasteiger partial charge in [-0.1, -0.05) is 50.4 Å². The van der Waals surface area contributed by atoms with Crippen LogP contribution in [0.5, 0.6) is 0 Å². The van der Waals surface area contributed by atoms with E-state index in [1.165, 1.54) is 18.4 Å². The summed E-state index contributed by atoms with van der Waals surface area (Å²) in [6.07, 6.45) is 6.89. The summed E-state index contributed by atoms with van der Waals surface area (Å²) in [6.45, 7) is 5.35. The van der Waals surface area contributed by atoms with Crippen molar-refractivity contribution in [2.75, 3.05) is 0 Å². The summed E-state index contributed by atoms with van der Waals surface area (Å²) in [7, 11) is 0. The van der Waals surface area contributed by atoms with Gasteiger partial charge in [0.25, 0.3) is 0 Å². The molecule has 0 spiro atoms. The molecule has 0 amide bonds. The lowest BCUT2D eigenvalue weighted by Gasteiger charge is -2.30. The minimum atomic E-state index is 0.0638. The van der Waals surface area contributed by atoms with E-state index in [9.17, 15) is 0 Å². The number of hydrogen-bond acceptors (Lipinski definition) is 2. The summed E-state index contributed by atoms with van der Waals surface area (Å²) in [5, 5.41) is 5.01. The first-order chi connectivity index (χ1) is 9.14. The molecule has 2 rings (SSSR count). The van der Waals surface area contributed by atoms with Crippen molar-refractivity contribution in [1.29, 1.82) is 0 Å². The second kappa shape index (κ2) is 6.20. The zero-order valence-corrected chi connectivity index (χ0v) is 12.3. The van der Waals surface area contributed by atoms with Crippen LogP contribution in [0.3, 0.4) is 0 Å². The zero-order valence-electron chi connectivity index (χ0n) is 11.5. The third-order valence-electron chi connectivity index (χ3n) is 3.60. The normalized spacial score (nSPS) is 14.3. The number of benzene rings is 1. The highest BCUT2D eigenvalue weighted by Crippen LogP contribution is 2.32. The molecule has 1 atom stereocenters. The first kappa shape index (κ1) is 14.1. The van der Waals surface area contributed by atoms with E-state index in [4.69, 9.17) is 11.6 Å². The zero-order chi connectivity index (χ0) is 13.7. The predicted molar refractivity (Wildman–Crippen MR) is 78.4 cm³/mol. The van der Waals surface area contributed by atoms with E-state index in [2.05, 4.69) is 36.1 Å². The Bertz CT molecular complexity index is 493. The number of nitrogens with zero attached hydrogens (tertiary/aromatic N) is 3. The second-order valence-corrected chi connectivity index (χ2v) is 5.70. The van der Waals surface area contributed by atoms with Gasteiger partial charge in [0.1, 0.15) is 12.7 Å². The number of aromatic nitrogens is 3. The minimum Gasteiger partial charge on any atom is -0.252 e. The van der Waals surface area contributed by atoms with Crippen molar-refractivity contribution in [3.63, 3.8) is 0 Å². The van der Waals surface area contributed by atoms with E-state index < -0.39 is 0 Å². The van der Waals surface area contributed by atoms with Gasteiger partial charge < -0.3 is 0 Å². The minimum absolute atomic E-state index is 0.0638. The van der Waals surface area contributed by atoms with Crippen LogP contribution in [-0.4, -0.2) is 14.8 Å². The molecule has 1 heterocycles. The van der Waals surface area contributed by atoms with E-state index >= 15 is 0 Å². The molecule has 1 aromatic carbocycles. The van der Waals surface area contributed by atoms with Crippen molar-refractivity contribution in [2.24, 2.45) is 0 Å². The quantitative estimate of drug-likeness (QED) is 0.796.